The predicted octanol–water partition coefficient (Wildman–Crippen LogP) is 2.54. The van der Waals surface area contributed by atoms with E-state index < -0.39 is 0 Å². The second-order valence-corrected chi connectivity index (χ2v) is 5.11. The zero-order chi connectivity index (χ0) is 13.8. The number of nitrogen functional groups attached to an aromatic ring is 1. The third-order valence-corrected chi connectivity index (χ3v) is 3.80. The molecule has 4 heteroatoms. The number of rotatable bonds is 3. The van der Waals surface area contributed by atoms with Crippen molar-refractivity contribution in [3.05, 3.63) is 23.8 Å². The predicted molar refractivity (Wildman–Crippen MR) is 77.3 cm³/mol. The zero-order valence-electron chi connectivity index (χ0n) is 11.7. The minimum Gasteiger partial charge on any atom is -0.469 e. The Bertz CT molecular complexity index is 453. The lowest BCUT2D eigenvalue weighted by atomic mass is 9.99. The van der Waals surface area contributed by atoms with E-state index >= 15 is 0 Å². The molecule has 0 bridgehead atoms. The molecule has 1 aliphatic rings. The molecular weight excluding hydrogens is 240 g/mol. The summed E-state index contributed by atoms with van der Waals surface area (Å²) in [5, 5.41) is 0. The molecule has 1 aromatic rings. The first-order valence-corrected chi connectivity index (χ1v) is 6.85. The largest absolute Gasteiger partial charge is 0.469 e. The summed E-state index contributed by atoms with van der Waals surface area (Å²) >= 11 is 0. The first-order chi connectivity index (χ1) is 9.13. The van der Waals surface area contributed by atoms with Crippen molar-refractivity contribution < 1.29 is 9.53 Å². The molecule has 1 heterocycles. The molecule has 0 saturated carbocycles. The molecule has 2 N–H and O–H groups in total. The van der Waals surface area contributed by atoms with Crippen LogP contribution in [0.5, 0.6) is 0 Å². The minimum absolute atomic E-state index is 0.231. The highest BCUT2D eigenvalue weighted by molar-refractivity contribution is 5.79. The Hall–Kier alpha value is -1.71. The van der Waals surface area contributed by atoms with E-state index in [1.54, 1.807) is 0 Å². The Balaban J connectivity index is 2.19. The summed E-state index contributed by atoms with van der Waals surface area (Å²) in [7, 11) is 1.41. The number of nitrogens with zero attached hydrogens (tertiary/aromatic N) is 1. The highest BCUT2D eigenvalue weighted by Crippen LogP contribution is 2.29. The van der Waals surface area contributed by atoms with Gasteiger partial charge in [-0.05, 0) is 43.9 Å². The van der Waals surface area contributed by atoms with E-state index in [4.69, 9.17) is 10.5 Å². The molecule has 1 atom stereocenters. The van der Waals surface area contributed by atoms with Crippen molar-refractivity contribution in [1.82, 2.24) is 0 Å². The van der Waals surface area contributed by atoms with Gasteiger partial charge in [0.05, 0.1) is 24.4 Å². The third kappa shape index (κ3) is 3.00. The van der Waals surface area contributed by atoms with Gasteiger partial charge >= 0.3 is 5.97 Å². The number of benzene rings is 1. The molecule has 0 aromatic heterocycles. The third-order valence-electron chi connectivity index (χ3n) is 3.80. The van der Waals surface area contributed by atoms with Crippen LogP contribution in [-0.4, -0.2) is 26.2 Å². The Morgan fingerprint density at radius 2 is 2.00 bits per heavy atom. The minimum atomic E-state index is -0.275. The number of hydrogen-bond donors (Lipinski definition) is 1. The van der Waals surface area contributed by atoms with Gasteiger partial charge in [0.2, 0.25) is 0 Å². The highest BCUT2D eigenvalue weighted by atomic mass is 16.5. The van der Waals surface area contributed by atoms with Crippen LogP contribution in [-0.2, 0) is 9.53 Å². The van der Waals surface area contributed by atoms with E-state index in [1.165, 1.54) is 26.4 Å². The summed E-state index contributed by atoms with van der Waals surface area (Å²) in [4.78, 5) is 13.9. The normalized spacial score (nSPS) is 17.1. The smallest absolute Gasteiger partial charge is 0.312 e. The van der Waals surface area contributed by atoms with Gasteiger partial charge in [0.25, 0.3) is 0 Å². The van der Waals surface area contributed by atoms with Crippen molar-refractivity contribution in [2.24, 2.45) is 0 Å². The number of nitrogens with two attached hydrogens (primary N) is 1. The second kappa shape index (κ2) is 5.95. The molecule has 0 aliphatic carbocycles. The van der Waals surface area contributed by atoms with E-state index in [0.717, 1.165) is 30.0 Å². The van der Waals surface area contributed by atoms with Crippen LogP contribution in [0, 0.1) is 0 Å². The molecule has 2 rings (SSSR count). The van der Waals surface area contributed by atoms with Crippen LogP contribution in [0.15, 0.2) is 18.2 Å². The lowest BCUT2D eigenvalue weighted by Crippen LogP contribution is -2.30. The van der Waals surface area contributed by atoms with E-state index in [2.05, 4.69) is 4.90 Å². The van der Waals surface area contributed by atoms with Crippen LogP contribution in [0.4, 0.5) is 11.4 Å². The van der Waals surface area contributed by atoms with Crippen LogP contribution in [0.2, 0.25) is 0 Å². The summed E-state index contributed by atoms with van der Waals surface area (Å²) in [5.41, 5.74) is 8.87. The quantitative estimate of drug-likeness (QED) is 0.672. The molecule has 19 heavy (non-hydrogen) atoms. The molecule has 1 unspecified atom stereocenters. The van der Waals surface area contributed by atoms with Crippen LogP contribution in [0.3, 0.4) is 0 Å². The van der Waals surface area contributed by atoms with Crippen LogP contribution < -0.4 is 10.6 Å². The van der Waals surface area contributed by atoms with E-state index in [-0.39, 0.29) is 11.9 Å². The maximum absolute atomic E-state index is 11.5. The van der Waals surface area contributed by atoms with Crippen molar-refractivity contribution in [1.29, 1.82) is 0 Å². The average Bonchev–Trinajstić information content (AvgIpc) is 2.46. The van der Waals surface area contributed by atoms with Crippen molar-refractivity contribution >= 4 is 17.3 Å². The van der Waals surface area contributed by atoms with Gasteiger partial charge in [0.15, 0.2) is 0 Å². The summed E-state index contributed by atoms with van der Waals surface area (Å²) < 4.78 is 4.76. The molecule has 0 amide bonds. The van der Waals surface area contributed by atoms with Crippen LogP contribution >= 0.6 is 0 Å². The average molecular weight is 262 g/mol. The fourth-order valence-electron chi connectivity index (χ4n) is 2.58. The number of ether oxygens (including phenoxy) is 1. The van der Waals surface area contributed by atoms with Gasteiger partial charge in [-0.2, -0.15) is 0 Å². The number of methoxy groups -OCH3 is 1. The highest BCUT2D eigenvalue weighted by Gasteiger charge is 2.18. The van der Waals surface area contributed by atoms with Gasteiger partial charge in [-0.15, -0.1) is 0 Å². The number of esters is 1. The molecule has 1 aromatic carbocycles. The number of anilines is 2. The maximum atomic E-state index is 11.5. The number of piperidine rings is 1. The number of carbonyl (C=O) groups excluding carboxylic acids is 1. The van der Waals surface area contributed by atoms with E-state index in [1.807, 2.05) is 25.1 Å². The van der Waals surface area contributed by atoms with Crippen LogP contribution in [0.25, 0.3) is 0 Å². The summed E-state index contributed by atoms with van der Waals surface area (Å²) in [6, 6.07) is 5.89. The molecule has 1 fully saturated rings. The molecule has 104 valence electrons. The Morgan fingerprint density at radius 1 is 1.32 bits per heavy atom. The lowest BCUT2D eigenvalue weighted by molar-refractivity contribution is -0.141. The molecule has 1 aliphatic heterocycles. The van der Waals surface area contributed by atoms with E-state index in [0.29, 0.717) is 0 Å². The van der Waals surface area contributed by atoms with Crippen molar-refractivity contribution in [3.8, 4) is 0 Å². The Kier molecular flexibility index (Phi) is 4.30. The summed E-state index contributed by atoms with van der Waals surface area (Å²) in [6.45, 7) is 3.97. The fourth-order valence-corrected chi connectivity index (χ4v) is 2.58. The van der Waals surface area contributed by atoms with Gasteiger partial charge < -0.3 is 15.4 Å². The molecular formula is C15H22N2O2. The summed E-state index contributed by atoms with van der Waals surface area (Å²) in [5.74, 6) is -0.507. The van der Waals surface area contributed by atoms with E-state index in [9.17, 15) is 4.79 Å². The SMILES string of the molecule is COC(=O)C(C)c1ccc(N2CCCCC2)c(N)c1. The van der Waals surface area contributed by atoms with Gasteiger partial charge in [0, 0.05) is 13.1 Å². The first kappa shape index (κ1) is 13.7. The van der Waals surface area contributed by atoms with Crippen LogP contribution in [0.1, 0.15) is 37.7 Å². The second-order valence-electron chi connectivity index (χ2n) is 5.11. The molecule has 0 spiro atoms. The topological polar surface area (TPSA) is 55.6 Å². The molecule has 1 saturated heterocycles. The van der Waals surface area contributed by atoms with Crippen molar-refractivity contribution in [2.45, 2.75) is 32.1 Å². The van der Waals surface area contributed by atoms with Gasteiger partial charge in [-0.25, -0.2) is 0 Å². The van der Waals surface area contributed by atoms with Gasteiger partial charge in [0.1, 0.15) is 0 Å². The number of carbonyl (C=O) groups is 1. The molecule has 4 nitrogen and oxygen atoms in total. The zero-order valence-corrected chi connectivity index (χ0v) is 11.7. The lowest BCUT2D eigenvalue weighted by Gasteiger charge is -2.30. The van der Waals surface area contributed by atoms with Gasteiger partial charge in [-0.1, -0.05) is 6.07 Å². The summed E-state index contributed by atoms with van der Waals surface area (Å²) in [6.07, 6.45) is 3.74. The van der Waals surface area contributed by atoms with Gasteiger partial charge in [-0.3, -0.25) is 4.79 Å². The monoisotopic (exact) mass is 262 g/mol. The molecule has 0 radical (unpaired) electrons. The van der Waals surface area contributed by atoms with Crippen molar-refractivity contribution in [2.75, 3.05) is 30.8 Å². The standard InChI is InChI=1S/C15H22N2O2/c1-11(15(18)19-2)12-6-7-14(13(16)10-12)17-8-4-3-5-9-17/h6-7,10-11H,3-5,8-9,16H2,1-2H3. The fraction of sp³-hybridized carbons (Fsp3) is 0.533. The maximum Gasteiger partial charge on any atom is 0.312 e. The Morgan fingerprint density at radius 3 is 2.58 bits per heavy atom. The first-order valence-electron chi connectivity index (χ1n) is 6.85. The Labute approximate surface area is 114 Å². The van der Waals surface area contributed by atoms with Crippen molar-refractivity contribution in [3.63, 3.8) is 0 Å². The number of hydrogen-bond acceptors (Lipinski definition) is 4.